The second-order valence-electron chi connectivity index (χ2n) is 6.40. The molecule has 8 heteroatoms. The fourth-order valence-corrected chi connectivity index (χ4v) is 3.26. The predicted octanol–water partition coefficient (Wildman–Crippen LogP) is 2.36. The molecule has 0 bridgehead atoms. The zero-order valence-corrected chi connectivity index (χ0v) is 16.0. The van der Waals surface area contributed by atoms with Crippen molar-refractivity contribution in [3.8, 4) is 5.69 Å². The average molecular weight is 406 g/mol. The highest BCUT2D eigenvalue weighted by Gasteiger charge is 2.17. The van der Waals surface area contributed by atoms with E-state index in [2.05, 4.69) is 15.3 Å². The highest BCUT2D eigenvalue weighted by molar-refractivity contribution is 6.33. The molecule has 1 aliphatic rings. The molecule has 1 N–H and O–H groups in total. The lowest BCUT2D eigenvalue weighted by molar-refractivity contribution is -0.255. The third-order valence-electron chi connectivity index (χ3n) is 4.52. The van der Waals surface area contributed by atoms with E-state index in [1.165, 1.54) is 16.8 Å². The summed E-state index contributed by atoms with van der Waals surface area (Å²) in [7, 11) is 0. The van der Waals surface area contributed by atoms with Crippen molar-refractivity contribution in [2.75, 3.05) is 0 Å². The number of carboxylic acid groups (broad SMARTS) is 1. The Bertz CT molecular complexity index is 1270. The number of halogens is 1. The summed E-state index contributed by atoms with van der Waals surface area (Å²) in [5.41, 5.74) is 3.10. The molecule has 1 aromatic heterocycles. The van der Waals surface area contributed by atoms with Gasteiger partial charge in [-0.05, 0) is 31.2 Å². The molecular weight excluding hydrogens is 392 g/mol. The molecule has 7 nitrogen and oxygen atoms in total. The highest BCUT2D eigenvalue weighted by Crippen LogP contribution is 2.20. The minimum atomic E-state index is -1.42. The third kappa shape index (κ3) is 3.43. The molecule has 0 fully saturated rings. The third-order valence-corrected chi connectivity index (χ3v) is 4.85. The van der Waals surface area contributed by atoms with Gasteiger partial charge in [0, 0.05) is 27.4 Å². The topological polar surface area (TPSA) is 103 Å². The molecule has 0 spiro atoms. The van der Waals surface area contributed by atoms with Crippen molar-refractivity contribution in [1.82, 2.24) is 9.78 Å². The number of benzene rings is 2. The SMILES string of the molecule is Cc1[nH]n(-c2ccc(Cl)c(C(=O)[O-])c2)c(=O)c1C=C1C=NN=C1c1ccccc1. The Hall–Kier alpha value is -3.71. The Morgan fingerprint density at radius 1 is 1.21 bits per heavy atom. The van der Waals surface area contributed by atoms with Gasteiger partial charge in [0.25, 0.3) is 5.56 Å². The van der Waals surface area contributed by atoms with Crippen molar-refractivity contribution in [2.24, 2.45) is 10.2 Å². The van der Waals surface area contributed by atoms with E-state index >= 15 is 0 Å². The summed E-state index contributed by atoms with van der Waals surface area (Å²) >= 11 is 5.89. The molecule has 0 unspecified atom stereocenters. The molecule has 0 saturated heterocycles. The summed E-state index contributed by atoms with van der Waals surface area (Å²) in [6.45, 7) is 1.76. The van der Waals surface area contributed by atoms with E-state index in [-0.39, 0.29) is 16.1 Å². The minimum absolute atomic E-state index is 0.0401. The number of rotatable bonds is 4. The van der Waals surface area contributed by atoms with Crippen molar-refractivity contribution in [3.63, 3.8) is 0 Å². The Morgan fingerprint density at radius 2 is 1.97 bits per heavy atom. The van der Waals surface area contributed by atoms with Gasteiger partial charge in [0.2, 0.25) is 0 Å². The van der Waals surface area contributed by atoms with E-state index in [4.69, 9.17) is 11.6 Å². The zero-order chi connectivity index (χ0) is 20.5. The van der Waals surface area contributed by atoms with E-state index in [9.17, 15) is 14.7 Å². The van der Waals surface area contributed by atoms with Crippen LogP contribution in [0, 0.1) is 6.92 Å². The van der Waals surface area contributed by atoms with Gasteiger partial charge in [0.1, 0.15) is 5.71 Å². The molecule has 0 amide bonds. The Morgan fingerprint density at radius 3 is 2.69 bits per heavy atom. The molecule has 4 rings (SSSR count). The number of aromatic nitrogens is 2. The number of allylic oxidation sites excluding steroid dienone is 1. The fourth-order valence-electron chi connectivity index (χ4n) is 3.07. The maximum atomic E-state index is 13.0. The van der Waals surface area contributed by atoms with E-state index < -0.39 is 5.97 Å². The molecule has 0 atom stereocenters. The summed E-state index contributed by atoms with van der Waals surface area (Å²) in [6.07, 6.45) is 3.30. The summed E-state index contributed by atoms with van der Waals surface area (Å²) in [5, 5.41) is 22.4. The number of aromatic carboxylic acids is 1. The van der Waals surface area contributed by atoms with Crippen molar-refractivity contribution in [2.45, 2.75) is 6.92 Å². The molecule has 2 heterocycles. The first kappa shape index (κ1) is 18.6. The lowest BCUT2D eigenvalue weighted by atomic mass is 10.0. The molecular formula is C21H14ClN4O3-. The van der Waals surface area contributed by atoms with Crippen LogP contribution in [0.25, 0.3) is 11.8 Å². The number of hydrogen-bond acceptors (Lipinski definition) is 5. The summed E-state index contributed by atoms with van der Waals surface area (Å²) in [6, 6.07) is 13.8. The Kier molecular flexibility index (Phi) is 4.74. The zero-order valence-electron chi connectivity index (χ0n) is 15.2. The van der Waals surface area contributed by atoms with Crippen LogP contribution < -0.4 is 10.7 Å². The summed E-state index contributed by atoms with van der Waals surface area (Å²) in [4.78, 5) is 24.2. The van der Waals surface area contributed by atoms with Crippen LogP contribution in [-0.2, 0) is 0 Å². The van der Waals surface area contributed by atoms with Crippen LogP contribution in [0.5, 0.6) is 0 Å². The molecule has 2 aromatic carbocycles. The van der Waals surface area contributed by atoms with Crippen LogP contribution in [-0.4, -0.2) is 27.7 Å². The molecule has 1 aliphatic heterocycles. The van der Waals surface area contributed by atoms with Gasteiger partial charge in [-0.2, -0.15) is 5.10 Å². The monoisotopic (exact) mass is 405 g/mol. The quantitative estimate of drug-likeness (QED) is 0.720. The van der Waals surface area contributed by atoms with Gasteiger partial charge < -0.3 is 9.90 Å². The van der Waals surface area contributed by atoms with Crippen LogP contribution in [0.15, 0.2) is 69.1 Å². The molecule has 29 heavy (non-hydrogen) atoms. The minimum Gasteiger partial charge on any atom is -0.545 e. The number of hydrogen-bond donors (Lipinski definition) is 1. The number of nitrogens with zero attached hydrogens (tertiary/aromatic N) is 3. The lowest BCUT2D eigenvalue weighted by Gasteiger charge is -2.08. The number of nitrogens with one attached hydrogen (secondary N) is 1. The summed E-state index contributed by atoms with van der Waals surface area (Å²) < 4.78 is 1.26. The number of aryl methyl sites for hydroxylation is 1. The smallest absolute Gasteiger partial charge is 0.278 e. The van der Waals surface area contributed by atoms with Gasteiger partial charge in [-0.15, -0.1) is 5.10 Å². The second kappa shape index (κ2) is 7.37. The Balaban J connectivity index is 1.78. The van der Waals surface area contributed by atoms with Gasteiger partial charge >= 0.3 is 0 Å². The van der Waals surface area contributed by atoms with Crippen LogP contribution in [0.1, 0.15) is 27.2 Å². The standard InChI is InChI=1S/C21H15ClN4O3/c1-12-16(9-14-11-23-24-19(14)13-5-3-2-4-6-13)20(27)26(25-12)15-7-8-18(22)17(10-15)21(28)29/h2-11,25H,1H3,(H,28,29)/p-1. The number of aromatic amines is 1. The fraction of sp³-hybridized carbons (Fsp3) is 0.0476. The van der Waals surface area contributed by atoms with Crippen LogP contribution in [0.4, 0.5) is 0 Å². The van der Waals surface area contributed by atoms with E-state index in [1.54, 1.807) is 25.3 Å². The van der Waals surface area contributed by atoms with Gasteiger partial charge in [-0.25, -0.2) is 4.68 Å². The predicted molar refractivity (Wildman–Crippen MR) is 110 cm³/mol. The van der Waals surface area contributed by atoms with Crippen molar-refractivity contribution in [3.05, 3.63) is 91.9 Å². The number of carboxylic acids is 1. The summed E-state index contributed by atoms with van der Waals surface area (Å²) in [5.74, 6) is -1.42. The highest BCUT2D eigenvalue weighted by atomic mass is 35.5. The lowest BCUT2D eigenvalue weighted by Crippen LogP contribution is -2.23. The van der Waals surface area contributed by atoms with Gasteiger partial charge in [-0.3, -0.25) is 9.89 Å². The van der Waals surface area contributed by atoms with Crippen LogP contribution in [0.3, 0.4) is 0 Å². The van der Waals surface area contributed by atoms with Crippen LogP contribution >= 0.6 is 11.6 Å². The Labute approximate surface area is 170 Å². The van der Waals surface area contributed by atoms with E-state index in [0.717, 1.165) is 5.56 Å². The van der Waals surface area contributed by atoms with Gasteiger partial charge in [0.15, 0.2) is 0 Å². The van der Waals surface area contributed by atoms with Gasteiger partial charge in [0.05, 0.1) is 23.4 Å². The average Bonchev–Trinajstić information content (AvgIpc) is 3.29. The number of carbonyl (C=O) groups is 1. The maximum absolute atomic E-state index is 13.0. The first-order chi connectivity index (χ1) is 14.0. The normalized spacial score (nSPS) is 14.4. The number of carbonyl (C=O) groups excluding carboxylic acids is 1. The van der Waals surface area contributed by atoms with Gasteiger partial charge in [-0.1, -0.05) is 41.9 Å². The maximum Gasteiger partial charge on any atom is 0.278 e. The number of H-pyrrole nitrogens is 1. The largest absolute Gasteiger partial charge is 0.545 e. The van der Waals surface area contributed by atoms with Crippen molar-refractivity contribution >= 4 is 35.6 Å². The molecule has 0 aliphatic carbocycles. The first-order valence-corrected chi connectivity index (χ1v) is 9.05. The van der Waals surface area contributed by atoms with Crippen molar-refractivity contribution in [1.29, 1.82) is 0 Å². The van der Waals surface area contributed by atoms with Crippen molar-refractivity contribution < 1.29 is 9.90 Å². The molecule has 0 saturated carbocycles. The molecule has 3 aromatic rings. The van der Waals surface area contributed by atoms with Crippen LogP contribution in [0.2, 0.25) is 5.02 Å². The second-order valence-corrected chi connectivity index (χ2v) is 6.81. The molecule has 0 radical (unpaired) electrons. The van der Waals surface area contributed by atoms with E-state index in [1.807, 2.05) is 30.3 Å². The van der Waals surface area contributed by atoms with E-state index in [0.29, 0.717) is 28.2 Å². The first-order valence-electron chi connectivity index (χ1n) is 8.67. The molecule has 144 valence electrons.